The van der Waals surface area contributed by atoms with Gasteiger partial charge in [-0.05, 0) is 18.6 Å². The van der Waals surface area contributed by atoms with Crippen LogP contribution in [-0.2, 0) is 0 Å². The molecule has 0 bridgehead atoms. The summed E-state index contributed by atoms with van der Waals surface area (Å²) in [5.74, 6) is 1.96. The largest absolute Gasteiger partial charge is 0.497 e. The minimum absolute atomic E-state index is 0.458. The van der Waals surface area contributed by atoms with Gasteiger partial charge in [0.25, 0.3) is 0 Å². The van der Waals surface area contributed by atoms with Crippen molar-refractivity contribution in [3.8, 4) is 5.75 Å². The molecule has 6 nitrogen and oxygen atoms in total. The van der Waals surface area contributed by atoms with E-state index in [9.17, 15) is 0 Å². The molecule has 0 aliphatic heterocycles. The molecule has 0 saturated heterocycles. The zero-order valence-corrected chi connectivity index (χ0v) is 11.8. The van der Waals surface area contributed by atoms with Crippen LogP contribution in [0.3, 0.4) is 0 Å². The Labute approximate surface area is 118 Å². The molecular weight excluding hydrogens is 254 g/mol. The monoisotopic (exact) mass is 273 g/mol. The number of nitrogens with zero attached hydrogens (tertiary/aromatic N) is 3. The highest BCUT2D eigenvalue weighted by molar-refractivity contribution is 5.56. The molecular formula is C14H19N5O. The number of methoxy groups -OCH3 is 1. The van der Waals surface area contributed by atoms with E-state index in [0.717, 1.165) is 36.6 Å². The van der Waals surface area contributed by atoms with Gasteiger partial charge in [-0.3, -0.25) is 0 Å². The van der Waals surface area contributed by atoms with E-state index in [1.165, 1.54) is 0 Å². The van der Waals surface area contributed by atoms with Crippen molar-refractivity contribution in [3.63, 3.8) is 0 Å². The molecule has 0 atom stereocenters. The molecule has 1 heterocycles. The first-order valence-corrected chi connectivity index (χ1v) is 6.66. The lowest BCUT2D eigenvalue weighted by Gasteiger charge is -2.08. The Balaban J connectivity index is 2.03. The standard InChI is InChI=1S/C14H19N5O/c1-3-4-8-15-13-10-16-19-14(18-13)17-11-6-5-7-12(9-11)20-2/h5-7,9-10H,3-4,8H2,1-2H3,(H2,15,17,18,19). The summed E-state index contributed by atoms with van der Waals surface area (Å²) in [5, 5.41) is 14.2. The van der Waals surface area contributed by atoms with Crippen LogP contribution in [0.1, 0.15) is 19.8 Å². The number of hydrogen-bond donors (Lipinski definition) is 2. The van der Waals surface area contributed by atoms with Crippen molar-refractivity contribution in [1.29, 1.82) is 0 Å². The minimum Gasteiger partial charge on any atom is -0.497 e. The van der Waals surface area contributed by atoms with E-state index in [1.54, 1.807) is 13.3 Å². The number of ether oxygens (including phenoxy) is 1. The average Bonchev–Trinajstić information content (AvgIpc) is 2.48. The van der Waals surface area contributed by atoms with E-state index >= 15 is 0 Å². The number of aromatic nitrogens is 3. The third-order valence-electron chi connectivity index (χ3n) is 2.72. The highest BCUT2D eigenvalue weighted by Gasteiger charge is 2.02. The Morgan fingerprint density at radius 3 is 3.00 bits per heavy atom. The fraction of sp³-hybridized carbons (Fsp3) is 0.357. The van der Waals surface area contributed by atoms with Crippen LogP contribution in [0.2, 0.25) is 0 Å². The molecule has 2 aromatic rings. The van der Waals surface area contributed by atoms with Crippen molar-refractivity contribution in [1.82, 2.24) is 15.2 Å². The smallest absolute Gasteiger partial charge is 0.249 e. The lowest BCUT2D eigenvalue weighted by atomic mass is 10.3. The molecule has 0 saturated carbocycles. The molecule has 20 heavy (non-hydrogen) atoms. The molecule has 1 aromatic heterocycles. The van der Waals surface area contributed by atoms with Crippen LogP contribution in [-0.4, -0.2) is 28.8 Å². The van der Waals surface area contributed by atoms with Crippen LogP contribution in [0.5, 0.6) is 5.75 Å². The van der Waals surface area contributed by atoms with Crippen molar-refractivity contribution in [2.75, 3.05) is 24.3 Å². The van der Waals surface area contributed by atoms with E-state index in [0.29, 0.717) is 5.95 Å². The summed E-state index contributed by atoms with van der Waals surface area (Å²) in [7, 11) is 1.63. The summed E-state index contributed by atoms with van der Waals surface area (Å²) in [6.07, 6.45) is 3.86. The van der Waals surface area contributed by atoms with Gasteiger partial charge in [-0.2, -0.15) is 10.1 Å². The normalized spacial score (nSPS) is 10.1. The molecule has 0 radical (unpaired) electrons. The van der Waals surface area contributed by atoms with Crippen molar-refractivity contribution in [2.45, 2.75) is 19.8 Å². The van der Waals surface area contributed by atoms with Gasteiger partial charge >= 0.3 is 0 Å². The van der Waals surface area contributed by atoms with Crippen LogP contribution in [0.25, 0.3) is 0 Å². The molecule has 0 fully saturated rings. The highest BCUT2D eigenvalue weighted by atomic mass is 16.5. The lowest BCUT2D eigenvalue weighted by molar-refractivity contribution is 0.415. The van der Waals surface area contributed by atoms with Gasteiger partial charge < -0.3 is 15.4 Å². The molecule has 0 aliphatic carbocycles. The van der Waals surface area contributed by atoms with Crippen LogP contribution in [0.15, 0.2) is 30.5 Å². The van der Waals surface area contributed by atoms with Crippen LogP contribution >= 0.6 is 0 Å². The Hall–Kier alpha value is -2.37. The summed E-state index contributed by atoms with van der Waals surface area (Å²) in [6.45, 7) is 3.03. The predicted octanol–water partition coefficient (Wildman–Crippen LogP) is 2.84. The molecule has 106 valence electrons. The number of unbranched alkanes of at least 4 members (excludes halogenated alkanes) is 1. The summed E-state index contributed by atoms with van der Waals surface area (Å²) in [6, 6.07) is 7.58. The van der Waals surface area contributed by atoms with E-state index in [4.69, 9.17) is 4.74 Å². The maximum Gasteiger partial charge on any atom is 0.249 e. The van der Waals surface area contributed by atoms with Gasteiger partial charge in [0.15, 0.2) is 5.82 Å². The van der Waals surface area contributed by atoms with E-state index in [1.807, 2.05) is 24.3 Å². The Bertz CT molecular complexity index is 547. The zero-order chi connectivity index (χ0) is 14.2. The second-order valence-corrected chi connectivity index (χ2v) is 4.30. The third kappa shape index (κ3) is 4.08. The quantitative estimate of drug-likeness (QED) is 0.756. The Morgan fingerprint density at radius 1 is 1.30 bits per heavy atom. The van der Waals surface area contributed by atoms with Gasteiger partial charge in [0.1, 0.15) is 5.75 Å². The number of benzene rings is 1. The highest BCUT2D eigenvalue weighted by Crippen LogP contribution is 2.19. The number of rotatable bonds is 7. The SMILES string of the molecule is CCCCNc1cnnc(Nc2cccc(OC)c2)n1. The fourth-order valence-corrected chi connectivity index (χ4v) is 1.66. The van der Waals surface area contributed by atoms with Crippen molar-refractivity contribution >= 4 is 17.5 Å². The van der Waals surface area contributed by atoms with Crippen molar-refractivity contribution in [3.05, 3.63) is 30.5 Å². The molecule has 6 heteroatoms. The van der Waals surface area contributed by atoms with E-state index in [2.05, 4.69) is 32.7 Å². The topological polar surface area (TPSA) is 72.0 Å². The van der Waals surface area contributed by atoms with Crippen LogP contribution in [0.4, 0.5) is 17.5 Å². The van der Waals surface area contributed by atoms with Gasteiger partial charge in [-0.1, -0.05) is 19.4 Å². The maximum absolute atomic E-state index is 5.17. The third-order valence-corrected chi connectivity index (χ3v) is 2.72. The summed E-state index contributed by atoms with van der Waals surface area (Å²) in [5.41, 5.74) is 0.858. The molecule has 0 unspecified atom stereocenters. The first-order valence-electron chi connectivity index (χ1n) is 6.66. The molecule has 2 rings (SSSR count). The molecule has 0 spiro atoms. The van der Waals surface area contributed by atoms with Crippen molar-refractivity contribution in [2.24, 2.45) is 0 Å². The second-order valence-electron chi connectivity index (χ2n) is 4.30. The van der Waals surface area contributed by atoms with Gasteiger partial charge in [0.05, 0.1) is 13.3 Å². The maximum atomic E-state index is 5.17. The van der Waals surface area contributed by atoms with Gasteiger partial charge in [0, 0.05) is 18.3 Å². The average molecular weight is 273 g/mol. The predicted molar refractivity (Wildman–Crippen MR) is 79.5 cm³/mol. The molecule has 2 N–H and O–H groups in total. The lowest BCUT2D eigenvalue weighted by Crippen LogP contribution is -2.06. The van der Waals surface area contributed by atoms with Gasteiger partial charge in [-0.15, -0.1) is 5.10 Å². The van der Waals surface area contributed by atoms with Gasteiger partial charge in [-0.25, -0.2) is 0 Å². The van der Waals surface area contributed by atoms with E-state index < -0.39 is 0 Å². The molecule has 0 aliphatic rings. The number of nitrogens with one attached hydrogen (secondary N) is 2. The second kappa shape index (κ2) is 7.28. The van der Waals surface area contributed by atoms with Crippen molar-refractivity contribution < 1.29 is 4.74 Å². The van der Waals surface area contributed by atoms with Crippen LogP contribution in [0, 0.1) is 0 Å². The van der Waals surface area contributed by atoms with Crippen LogP contribution < -0.4 is 15.4 Å². The minimum atomic E-state index is 0.458. The first kappa shape index (κ1) is 14.0. The Kier molecular flexibility index (Phi) is 5.11. The summed E-state index contributed by atoms with van der Waals surface area (Å²) >= 11 is 0. The summed E-state index contributed by atoms with van der Waals surface area (Å²) < 4.78 is 5.17. The number of anilines is 3. The van der Waals surface area contributed by atoms with E-state index in [-0.39, 0.29) is 0 Å². The summed E-state index contributed by atoms with van der Waals surface area (Å²) in [4.78, 5) is 4.36. The molecule has 0 amide bonds. The fourth-order valence-electron chi connectivity index (χ4n) is 1.66. The first-order chi connectivity index (χ1) is 9.81. The Morgan fingerprint density at radius 2 is 2.20 bits per heavy atom. The van der Waals surface area contributed by atoms with Gasteiger partial charge in [0.2, 0.25) is 5.95 Å². The molecule has 1 aromatic carbocycles. The zero-order valence-electron chi connectivity index (χ0n) is 11.8. The number of hydrogen-bond acceptors (Lipinski definition) is 6.